The summed E-state index contributed by atoms with van der Waals surface area (Å²) in [5, 5.41) is 7.82. The van der Waals surface area contributed by atoms with Gasteiger partial charge < -0.3 is 14.5 Å². The van der Waals surface area contributed by atoms with Gasteiger partial charge in [-0.05, 0) is 24.1 Å². The average Bonchev–Trinajstić information content (AvgIpc) is 2.97. The van der Waals surface area contributed by atoms with Gasteiger partial charge in [0.2, 0.25) is 0 Å². The summed E-state index contributed by atoms with van der Waals surface area (Å²) >= 11 is 0. The van der Waals surface area contributed by atoms with Gasteiger partial charge in [0, 0.05) is 19.8 Å². The standard InChI is InChI=1S/C13H17N3O2/c1-16-9-10-4-6-18-12(13(10)15-16)8-14-7-11-3-2-5-17-11/h2-3,5,9,12,14H,4,6-8H2,1H3. The number of furan rings is 1. The number of nitrogens with one attached hydrogen (secondary N) is 1. The van der Waals surface area contributed by atoms with E-state index in [-0.39, 0.29) is 6.10 Å². The number of hydrogen-bond donors (Lipinski definition) is 1. The quantitative estimate of drug-likeness (QED) is 0.887. The fourth-order valence-electron chi connectivity index (χ4n) is 2.30. The van der Waals surface area contributed by atoms with Crippen molar-refractivity contribution in [1.82, 2.24) is 15.1 Å². The van der Waals surface area contributed by atoms with Crippen molar-refractivity contribution in [2.45, 2.75) is 19.1 Å². The lowest BCUT2D eigenvalue weighted by atomic mass is 10.1. The average molecular weight is 247 g/mol. The molecule has 0 spiro atoms. The van der Waals surface area contributed by atoms with E-state index in [4.69, 9.17) is 9.15 Å². The van der Waals surface area contributed by atoms with E-state index < -0.39 is 0 Å². The predicted octanol–water partition coefficient (Wildman–Crippen LogP) is 1.42. The Morgan fingerprint density at radius 2 is 2.50 bits per heavy atom. The van der Waals surface area contributed by atoms with Crippen molar-refractivity contribution in [3.8, 4) is 0 Å². The highest BCUT2D eigenvalue weighted by Crippen LogP contribution is 2.24. The first-order chi connectivity index (χ1) is 8.83. The van der Waals surface area contributed by atoms with Crippen LogP contribution in [0.25, 0.3) is 0 Å². The first-order valence-corrected chi connectivity index (χ1v) is 6.20. The molecule has 5 nitrogen and oxygen atoms in total. The highest BCUT2D eigenvalue weighted by atomic mass is 16.5. The minimum Gasteiger partial charge on any atom is -0.468 e. The Bertz CT molecular complexity index is 504. The lowest BCUT2D eigenvalue weighted by molar-refractivity contribution is 0.0391. The number of hydrogen-bond acceptors (Lipinski definition) is 4. The normalized spacial score (nSPS) is 18.8. The van der Waals surface area contributed by atoms with Crippen LogP contribution in [-0.2, 0) is 24.8 Å². The van der Waals surface area contributed by atoms with Gasteiger partial charge in [0.1, 0.15) is 11.9 Å². The van der Waals surface area contributed by atoms with E-state index >= 15 is 0 Å². The van der Waals surface area contributed by atoms with E-state index in [0.29, 0.717) is 0 Å². The molecule has 0 amide bonds. The molecule has 1 aliphatic rings. The number of ether oxygens (including phenoxy) is 1. The summed E-state index contributed by atoms with van der Waals surface area (Å²) in [5.74, 6) is 0.937. The number of aryl methyl sites for hydroxylation is 1. The van der Waals surface area contributed by atoms with Crippen molar-refractivity contribution in [2.24, 2.45) is 7.05 Å². The van der Waals surface area contributed by atoms with Gasteiger partial charge >= 0.3 is 0 Å². The molecule has 5 heteroatoms. The molecular weight excluding hydrogens is 230 g/mol. The third-order valence-electron chi connectivity index (χ3n) is 3.14. The van der Waals surface area contributed by atoms with Gasteiger partial charge in [-0.2, -0.15) is 5.10 Å². The van der Waals surface area contributed by atoms with E-state index in [1.54, 1.807) is 6.26 Å². The van der Waals surface area contributed by atoms with Crippen molar-refractivity contribution in [2.75, 3.05) is 13.2 Å². The molecule has 2 aromatic rings. The number of aromatic nitrogens is 2. The maximum absolute atomic E-state index is 5.77. The fraction of sp³-hybridized carbons (Fsp3) is 0.462. The molecule has 18 heavy (non-hydrogen) atoms. The molecule has 1 aliphatic heterocycles. The summed E-state index contributed by atoms with van der Waals surface area (Å²) in [6.45, 7) is 2.24. The summed E-state index contributed by atoms with van der Waals surface area (Å²) in [4.78, 5) is 0. The minimum absolute atomic E-state index is 0.0462. The molecule has 0 aromatic carbocycles. The Morgan fingerprint density at radius 1 is 1.56 bits per heavy atom. The second kappa shape index (κ2) is 4.96. The summed E-state index contributed by atoms with van der Waals surface area (Å²) in [6, 6.07) is 3.85. The topological polar surface area (TPSA) is 52.2 Å². The number of fused-ring (bicyclic) bond motifs is 1. The molecule has 1 unspecified atom stereocenters. The molecule has 1 atom stereocenters. The van der Waals surface area contributed by atoms with Gasteiger partial charge in [-0.3, -0.25) is 4.68 Å². The zero-order chi connectivity index (χ0) is 12.4. The number of rotatable bonds is 4. The van der Waals surface area contributed by atoms with E-state index in [0.717, 1.165) is 37.6 Å². The van der Waals surface area contributed by atoms with Crippen LogP contribution in [0.2, 0.25) is 0 Å². The van der Waals surface area contributed by atoms with E-state index in [1.807, 2.05) is 23.9 Å². The number of nitrogens with zero attached hydrogens (tertiary/aromatic N) is 2. The summed E-state index contributed by atoms with van der Waals surface area (Å²) in [6.07, 6.45) is 4.77. The van der Waals surface area contributed by atoms with Crippen LogP contribution in [0.4, 0.5) is 0 Å². The van der Waals surface area contributed by atoms with Gasteiger partial charge in [-0.1, -0.05) is 0 Å². The summed E-state index contributed by atoms with van der Waals surface area (Å²) in [7, 11) is 1.95. The largest absolute Gasteiger partial charge is 0.468 e. The molecule has 96 valence electrons. The second-order valence-corrected chi connectivity index (χ2v) is 4.53. The molecule has 0 aliphatic carbocycles. The monoisotopic (exact) mass is 247 g/mol. The smallest absolute Gasteiger partial charge is 0.117 e. The lowest BCUT2D eigenvalue weighted by Gasteiger charge is -2.22. The maximum Gasteiger partial charge on any atom is 0.117 e. The van der Waals surface area contributed by atoms with Gasteiger partial charge in [0.25, 0.3) is 0 Å². The Morgan fingerprint density at radius 3 is 3.33 bits per heavy atom. The highest BCUT2D eigenvalue weighted by Gasteiger charge is 2.23. The van der Waals surface area contributed by atoms with Crippen LogP contribution in [0.5, 0.6) is 0 Å². The molecule has 0 radical (unpaired) electrons. The van der Waals surface area contributed by atoms with Crippen molar-refractivity contribution < 1.29 is 9.15 Å². The molecule has 0 saturated heterocycles. The van der Waals surface area contributed by atoms with E-state index in [1.165, 1.54) is 5.56 Å². The van der Waals surface area contributed by atoms with Crippen LogP contribution in [0, 0.1) is 0 Å². The zero-order valence-electron chi connectivity index (χ0n) is 10.4. The molecule has 0 saturated carbocycles. The predicted molar refractivity (Wildman–Crippen MR) is 66.0 cm³/mol. The van der Waals surface area contributed by atoms with Crippen LogP contribution < -0.4 is 5.32 Å². The van der Waals surface area contributed by atoms with Crippen molar-refractivity contribution in [3.05, 3.63) is 41.6 Å². The molecule has 0 fully saturated rings. The Balaban J connectivity index is 1.60. The third-order valence-corrected chi connectivity index (χ3v) is 3.14. The zero-order valence-corrected chi connectivity index (χ0v) is 10.4. The molecular formula is C13H17N3O2. The molecule has 2 aromatic heterocycles. The van der Waals surface area contributed by atoms with Gasteiger partial charge in [0.05, 0.1) is 25.1 Å². The molecule has 3 heterocycles. The second-order valence-electron chi connectivity index (χ2n) is 4.53. The first-order valence-electron chi connectivity index (χ1n) is 6.20. The fourth-order valence-corrected chi connectivity index (χ4v) is 2.30. The molecule has 1 N–H and O–H groups in total. The molecule has 0 bridgehead atoms. The van der Waals surface area contributed by atoms with Crippen LogP contribution >= 0.6 is 0 Å². The van der Waals surface area contributed by atoms with Gasteiger partial charge in [0.15, 0.2) is 0 Å². The van der Waals surface area contributed by atoms with Crippen LogP contribution in [0.15, 0.2) is 29.0 Å². The summed E-state index contributed by atoms with van der Waals surface area (Å²) < 4.78 is 12.9. The van der Waals surface area contributed by atoms with E-state index in [2.05, 4.69) is 16.6 Å². The molecule has 3 rings (SSSR count). The lowest BCUT2D eigenvalue weighted by Crippen LogP contribution is -2.27. The van der Waals surface area contributed by atoms with Crippen LogP contribution in [0.1, 0.15) is 23.1 Å². The third kappa shape index (κ3) is 2.32. The Kier molecular flexibility index (Phi) is 3.17. The first kappa shape index (κ1) is 11.5. The van der Waals surface area contributed by atoms with Crippen molar-refractivity contribution in [1.29, 1.82) is 0 Å². The Hall–Kier alpha value is -1.59. The SMILES string of the molecule is Cn1cc2c(n1)C(CNCc1ccco1)OCC2. The Labute approximate surface area is 106 Å². The van der Waals surface area contributed by atoms with Crippen molar-refractivity contribution in [3.63, 3.8) is 0 Å². The minimum atomic E-state index is 0.0462. The highest BCUT2D eigenvalue weighted by molar-refractivity contribution is 5.22. The van der Waals surface area contributed by atoms with Gasteiger partial charge in [-0.15, -0.1) is 0 Å². The van der Waals surface area contributed by atoms with Crippen LogP contribution in [-0.4, -0.2) is 22.9 Å². The van der Waals surface area contributed by atoms with E-state index in [9.17, 15) is 0 Å². The summed E-state index contributed by atoms with van der Waals surface area (Å²) in [5.41, 5.74) is 2.37. The van der Waals surface area contributed by atoms with Crippen LogP contribution in [0.3, 0.4) is 0 Å². The van der Waals surface area contributed by atoms with Gasteiger partial charge in [-0.25, -0.2) is 0 Å². The maximum atomic E-state index is 5.77. The van der Waals surface area contributed by atoms with Crippen molar-refractivity contribution >= 4 is 0 Å².